The number of aldehydes is 1. The molecule has 2 aromatic carbocycles. The van der Waals surface area contributed by atoms with E-state index in [0.717, 1.165) is 20.1 Å². The summed E-state index contributed by atoms with van der Waals surface area (Å²) in [6, 6.07) is 11.4. The molecule has 4 rings (SSSR count). The Bertz CT molecular complexity index is 1380. The van der Waals surface area contributed by atoms with Gasteiger partial charge in [0, 0.05) is 12.1 Å². The number of carbonyl (C=O) groups is 2. The lowest BCUT2D eigenvalue weighted by Gasteiger charge is -2.17. The van der Waals surface area contributed by atoms with Crippen molar-refractivity contribution in [3.63, 3.8) is 0 Å². The molecule has 14 heteroatoms. The average Bonchev–Trinajstić information content (AvgIpc) is 3.58. The van der Waals surface area contributed by atoms with Crippen LogP contribution < -0.4 is 19.5 Å². The number of fused-ring (bicyclic) bond motifs is 1. The van der Waals surface area contributed by atoms with Crippen molar-refractivity contribution >= 4 is 57.8 Å². The second-order valence-corrected chi connectivity index (χ2v) is 11.2. The normalized spacial score (nSPS) is 12.7. The van der Waals surface area contributed by atoms with Gasteiger partial charge in [0.05, 0.1) is 34.8 Å². The Morgan fingerprint density at radius 3 is 2.74 bits per heavy atom. The van der Waals surface area contributed by atoms with Crippen LogP contribution in [0.1, 0.15) is 24.2 Å². The summed E-state index contributed by atoms with van der Waals surface area (Å²) >= 11 is 3.25. The van der Waals surface area contributed by atoms with E-state index in [1.807, 2.05) is 25.2 Å². The van der Waals surface area contributed by atoms with Gasteiger partial charge in [-0.3, -0.25) is 9.52 Å². The molecule has 0 spiro atoms. The van der Waals surface area contributed by atoms with E-state index in [1.165, 1.54) is 16.6 Å². The van der Waals surface area contributed by atoms with Gasteiger partial charge in [0.1, 0.15) is 36.1 Å². The molecule has 206 valence electrons. The molecule has 2 atom stereocenters. The maximum absolute atomic E-state index is 12.8. The number of amides is 1. The molecule has 0 saturated heterocycles. The van der Waals surface area contributed by atoms with Crippen LogP contribution in [0.4, 0.5) is 3.89 Å². The Morgan fingerprint density at radius 2 is 2.00 bits per heavy atom. The molecule has 0 aliphatic heterocycles. The molecule has 2 N–H and O–H groups in total. The summed E-state index contributed by atoms with van der Waals surface area (Å²) in [6.07, 6.45) is 2.67. The van der Waals surface area contributed by atoms with Crippen molar-refractivity contribution in [1.82, 2.24) is 30.0 Å². The minimum atomic E-state index is -0.713. The first kappa shape index (κ1) is 28.8. The number of thiazole rings is 1. The molecule has 39 heavy (non-hydrogen) atoms. The third-order valence-corrected chi connectivity index (χ3v) is 7.65. The summed E-state index contributed by atoms with van der Waals surface area (Å²) in [6.45, 7) is 2.12. The van der Waals surface area contributed by atoms with Gasteiger partial charge >= 0.3 is 0 Å². The predicted octanol–water partition coefficient (Wildman–Crippen LogP) is 4.18. The predicted molar refractivity (Wildman–Crippen MR) is 151 cm³/mol. The highest BCUT2D eigenvalue weighted by Gasteiger charge is 2.21. The molecule has 0 radical (unpaired) electrons. The van der Waals surface area contributed by atoms with Crippen molar-refractivity contribution in [2.75, 3.05) is 19.4 Å². The topological polar surface area (TPSA) is 120 Å². The second kappa shape index (κ2) is 14.3. The maximum Gasteiger partial charge on any atom is 0.245 e. The molecule has 0 fully saturated rings. The minimum Gasteiger partial charge on any atom is -0.493 e. The summed E-state index contributed by atoms with van der Waals surface area (Å²) in [5, 5.41) is 10.9. The molecule has 0 aliphatic rings. The van der Waals surface area contributed by atoms with Crippen LogP contribution in [-0.2, 0) is 22.6 Å². The van der Waals surface area contributed by atoms with Gasteiger partial charge in [-0.15, -0.1) is 16.4 Å². The molecule has 0 unspecified atom stereocenters. The van der Waals surface area contributed by atoms with Gasteiger partial charge in [0.15, 0.2) is 4.34 Å². The molecule has 1 amide bonds. The van der Waals surface area contributed by atoms with Crippen LogP contribution in [0.25, 0.3) is 10.2 Å². The lowest BCUT2D eigenvalue weighted by Crippen LogP contribution is -2.41. The van der Waals surface area contributed by atoms with Crippen molar-refractivity contribution in [3.05, 3.63) is 59.9 Å². The largest absolute Gasteiger partial charge is 0.493 e. The van der Waals surface area contributed by atoms with E-state index in [1.54, 1.807) is 48.7 Å². The SMILES string of the molecule is CNSc1nc2ccc(OCc3cn([C@@H](C)C(=O)N[C@H](C=O)Cc4ccc(OCCSF)cc4)nn3)cc2s1. The number of nitrogens with zero attached hydrogens (tertiary/aromatic N) is 4. The molecule has 2 heterocycles. The Morgan fingerprint density at radius 1 is 1.21 bits per heavy atom. The van der Waals surface area contributed by atoms with Crippen LogP contribution >= 0.6 is 35.4 Å². The summed E-state index contributed by atoms with van der Waals surface area (Å²) < 4.78 is 29.8. The van der Waals surface area contributed by atoms with Crippen LogP contribution in [0.2, 0.25) is 0 Å². The Kier molecular flexibility index (Phi) is 10.5. The van der Waals surface area contributed by atoms with E-state index in [4.69, 9.17) is 9.47 Å². The first-order valence-corrected chi connectivity index (χ1v) is 14.5. The highest BCUT2D eigenvalue weighted by Crippen LogP contribution is 2.30. The third-order valence-electron chi connectivity index (χ3n) is 5.55. The number of hydrogen-bond acceptors (Lipinski definition) is 11. The van der Waals surface area contributed by atoms with Crippen LogP contribution in [-0.4, -0.2) is 57.6 Å². The van der Waals surface area contributed by atoms with Crippen LogP contribution in [0.15, 0.2) is 53.0 Å². The van der Waals surface area contributed by atoms with Gasteiger partial charge in [0.25, 0.3) is 0 Å². The summed E-state index contributed by atoms with van der Waals surface area (Å²) in [7, 11) is 1.85. The number of aromatic nitrogens is 4. The Labute approximate surface area is 237 Å². The lowest BCUT2D eigenvalue weighted by molar-refractivity contribution is -0.126. The first-order valence-electron chi connectivity index (χ1n) is 12.0. The lowest BCUT2D eigenvalue weighted by atomic mass is 10.1. The number of benzene rings is 2. The number of carbonyl (C=O) groups excluding carboxylic acids is 2. The minimum absolute atomic E-state index is 0.181. The fourth-order valence-corrected chi connectivity index (χ4v) is 5.43. The van der Waals surface area contributed by atoms with Gasteiger partial charge in [-0.25, -0.2) is 9.67 Å². The van der Waals surface area contributed by atoms with E-state index in [0.29, 0.717) is 29.9 Å². The van der Waals surface area contributed by atoms with Crippen molar-refractivity contribution in [2.45, 2.75) is 36.4 Å². The molecular formula is C25H27FN6O4S3. The quantitative estimate of drug-likeness (QED) is 0.119. The van der Waals surface area contributed by atoms with E-state index in [2.05, 4.69) is 25.3 Å². The van der Waals surface area contributed by atoms with Gasteiger partial charge in [-0.1, -0.05) is 17.3 Å². The highest BCUT2D eigenvalue weighted by atomic mass is 32.2. The Hall–Kier alpha value is -3.20. The zero-order valence-electron chi connectivity index (χ0n) is 21.2. The molecule has 10 nitrogen and oxygen atoms in total. The van der Waals surface area contributed by atoms with Crippen LogP contribution in [0.5, 0.6) is 11.5 Å². The summed E-state index contributed by atoms with van der Waals surface area (Å²) in [5.74, 6) is 1.18. The molecule has 0 bridgehead atoms. The molecule has 4 aromatic rings. The number of nitrogens with one attached hydrogen (secondary N) is 2. The van der Waals surface area contributed by atoms with Gasteiger partial charge < -0.3 is 19.6 Å². The van der Waals surface area contributed by atoms with Crippen molar-refractivity contribution in [3.8, 4) is 11.5 Å². The van der Waals surface area contributed by atoms with Crippen molar-refractivity contribution in [1.29, 1.82) is 0 Å². The van der Waals surface area contributed by atoms with E-state index in [-0.39, 0.29) is 37.0 Å². The number of ether oxygens (including phenoxy) is 2. The summed E-state index contributed by atoms with van der Waals surface area (Å²) in [4.78, 5) is 29.0. The average molecular weight is 591 g/mol. The zero-order chi connectivity index (χ0) is 27.6. The maximum atomic E-state index is 12.8. The first-order chi connectivity index (χ1) is 19.0. The molecular weight excluding hydrogens is 564 g/mol. The zero-order valence-corrected chi connectivity index (χ0v) is 23.7. The third kappa shape index (κ3) is 8.14. The van der Waals surface area contributed by atoms with Crippen molar-refractivity contribution < 1.29 is 22.9 Å². The van der Waals surface area contributed by atoms with Gasteiger partial charge in [-0.05, 0) is 68.2 Å². The number of rotatable bonds is 15. The second-order valence-electron chi connectivity index (χ2n) is 8.33. The number of halogens is 1. The van der Waals surface area contributed by atoms with Crippen molar-refractivity contribution in [2.24, 2.45) is 0 Å². The van der Waals surface area contributed by atoms with E-state index in [9.17, 15) is 13.5 Å². The van der Waals surface area contributed by atoms with E-state index < -0.39 is 12.1 Å². The fraction of sp³-hybridized carbons (Fsp3) is 0.320. The van der Waals surface area contributed by atoms with Gasteiger partial charge in [-0.2, -0.15) is 3.89 Å². The van der Waals surface area contributed by atoms with Gasteiger partial charge in [0.2, 0.25) is 5.91 Å². The molecule has 0 aliphatic carbocycles. The van der Waals surface area contributed by atoms with E-state index >= 15 is 0 Å². The monoisotopic (exact) mass is 590 g/mol. The molecule has 2 aromatic heterocycles. The number of hydrogen-bond donors (Lipinski definition) is 2. The Balaban J connectivity index is 1.28. The molecule has 0 saturated carbocycles. The highest BCUT2D eigenvalue weighted by molar-refractivity contribution is 7.99. The fourth-order valence-electron chi connectivity index (χ4n) is 3.55. The summed E-state index contributed by atoms with van der Waals surface area (Å²) in [5.41, 5.74) is 2.31. The van der Waals surface area contributed by atoms with Crippen LogP contribution in [0, 0.1) is 0 Å². The standard InChI is InChI=1S/C25H27FN6O4S3/c1-16(24(34)28-18(14-33)11-17-3-5-20(6-4-17)35-9-10-37-26)32-13-19(30-31-32)15-36-21-7-8-22-23(12-21)38-25(29-22)39-27-2/h3-8,12-14,16,18,27H,9-11,15H2,1-2H3,(H,28,34)/t16-,18-/m0/s1. The smallest absolute Gasteiger partial charge is 0.245 e. The van der Waals surface area contributed by atoms with Crippen LogP contribution in [0.3, 0.4) is 0 Å².